The fourth-order valence-corrected chi connectivity index (χ4v) is 5.45. The van der Waals surface area contributed by atoms with Crippen LogP contribution in [-0.2, 0) is 4.79 Å². The molecule has 0 spiro atoms. The van der Waals surface area contributed by atoms with Crippen LogP contribution < -0.4 is 0 Å². The summed E-state index contributed by atoms with van der Waals surface area (Å²) in [6, 6.07) is 0. The zero-order chi connectivity index (χ0) is 11.7. The number of carbonyl (C=O) groups excluding carboxylic acids is 1. The summed E-state index contributed by atoms with van der Waals surface area (Å²) in [7, 11) is 0. The number of hydrogen-bond acceptors (Lipinski definition) is 1. The molecule has 16 heavy (non-hydrogen) atoms. The fraction of sp³-hybridized carbons (Fsp3) is 0.929. The number of Topliss-reactive ketones (excluding diaryl/α,β-unsaturated/α-hetero) is 1. The van der Waals surface area contributed by atoms with Crippen molar-refractivity contribution >= 4 is 17.4 Å². The number of hydrogen-bond donors (Lipinski definition) is 0. The van der Waals surface area contributed by atoms with E-state index >= 15 is 0 Å². The van der Waals surface area contributed by atoms with Crippen molar-refractivity contribution in [2.75, 3.05) is 0 Å². The Morgan fingerprint density at radius 1 is 1.44 bits per heavy atom. The van der Waals surface area contributed by atoms with E-state index in [-0.39, 0.29) is 16.7 Å². The lowest BCUT2D eigenvalue weighted by molar-refractivity contribution is -0.137. The molecule has 0 aliphatic heterocycles. The highest BCUT2D eigenvalue weighted by Gasteiger charge is 2.66. The third-order valence-electron chi connectivity index (χ3n) is 5.79. The first kappa shape index (κ1) is 11.1. The van der Waals surface area contributed by atoms with Crippen molar-refractivity contribution in [1.82, 2.24) is 0 Å². The van der Waals surface area contributed by atoms with Crippen molar-refractivity contribution in [3.8, 4) is 0 Å². The van der Waals surface area contributed by atoms with E-state index in [9.17, 15) is 4.79 Å². The van der Waals surface area contributed by atoms with Crippen molar-refractivity contribution in [3.05, 3.63) is 0 Å². The molecule has 90 valence electrons. The Morgan fingerprint density at radius 2 is 2.12 bits per heavy atom. The molecule has 1 nitrogen and oxygen atoms in total. The van der Waals surface area contributed by atoms with Gasteiger partial charge in [-0.05, 0) is 42.9 Å². The Morgan fingerprint density at radius 3 is 2.69 bits per heavy atom. The minimum atomic E-state index is -0.00782. The van der Waals surface area contributed by atoms with Crippen LogP contribution in [0, 0.1) is 35.0 Å². The molecular formula is C14H21ClO. The highest BCUT2D eigenvalue weighted by atomic mass is 35.5. The molecule has 0 saturated heterocycles. The summed E-state index contributed by atoms with van der Waals surface area (Å²) in [6.45, 7) is 6.82. The van der Waals surface area contributed by atoms with Gasteiger partial charge in [0.15, 0.2) is 0 Å². The van der Waals surface area contributed by atoms with E-state index < -0.39 is 0 Å². The van der Waals surface area contributed by atoms with E-state index in [0.717, 1.165) is 18.8 Å². The molecule has 0 aromatic carbocycles. The normalized spacial score (nSPS) is 55.1. The maximum atomic E-state index is 12.3. The molecule has 3 rings (SSSR count). The quantitative estimate of drug-likeness (QED) is 0.642. The van der Waals surface area contributed by atoms with E-state index in [2.05, 4.69) is 20.8 Å². The van der Waals surface area contributed by atoms with Crippen LogP contribution in [0.5, 0.6) is 0 Å². The molecule has 3 fully saturated rings. The second-order valence-corrected chi connectivity index (χ2v) is 7.20. The van der Waals surface area contributed by atoms with E-state index in [1.807, 2.05) is 0 Å². The predicted octanol–water partition coefficient (Wildman–Crippen LogP) is 3.50. The van der Waals surface area contributed by atoms with Crippen LogP contribution in [0.4, 0.5) is 0 Å². The van der Waals surface area contributed by atoms with Crippen molar-refractivity contribution in [3.63, 3.8) is 0 Å². The molecule has 3 saturated carbocycles. The van der Waals surface area contributed by atoms with Gasteiger partial charge in [-0.25, -0.2) is 0 Å². The summed E-state index contributed by atoms with van der Waals surface area (Å²) in [6.07, 6.45) is 3.39. The Labute approximate surface area is 103 Å². The summed E-state index contributed by atoms with van der Waals surface area (Å²) in [5, 5.41) is 0.137. The number of fused-ring (bicyclic) bond motifs is 1. The van der Waals surface area contributed by atoms with Crippen molar-refractivity contribution < 1.29 is 4.79 Å². The van der Waals surface area contributed by atoms with Gasteiger partial charge in [-0.1, -0.05) is 20.8 Å². The number of alkyl halides is 1. The summed E-state index contributed by atoms with van der Waals surface area (Å²) >= 11 is 6.55. The van der Waals surface area contributed by atoms with Crippen LogP contribution in [0.15, 0.2) is 0 Å². The van der Waals surface area contributed by atoms with Crippen LogP contribution in [0.3, 0.4) is 0 Å². The minimum Gasteiger partial charge on any atom is -0.299 e. The van der Waals surface area contributed by atoms with Crippen molar-refractivity contribution in [2.24, 2.45) is 35.0 Å². The molecule has 0 heterocycles. The lowest BCUT2D eigenvalue weighted by Gasteiger charge is -2.49. The highest BCUT2D eigenvalue weighted by Crippen LogP contribution is 2.65. The zero-order valence-corrected chi connectivity index (χ0v) is 11.1. The van der Waals surface area contributed by atoms with E-state index in [1.54, 1.807) is 0 Å². The lowest BCUT2D eigenvalue weighted by Crippen LogP contribution is -2.50. The molecule has 2 heteroatoms. The van der Waals surface area contributed by atoms with Gasteiger partial charge in [0, 0.05) is 16.7 Å². The molecule has 3 aliphatic rings. The zero-order valence-electron chi connectivity index (χ0n) is 10.4. The summed E-state index contributed by atoms with van der Waals surface area (Å²) in [5.41, 5.74) is -0.00782. The Balaban J connectivity index is 1.99. The van der Waals surface area contributed by atoms with E-state index in [0.29, 0.717) is 23.5 Å². The molecule has 0 amide bonds. The second kappa shape index (κ2) is 3.25. The van der Waals surface area contributed by atoms with Crippen molar-refractivity contribution in [1.29, 1.82) is 0 Å². The SMILES string of the molecule is CC(C)[C@@H]1CC[C@]2(C)C(=O)[C@H]3C[C@@H]2[C@@H]1[C@@H]3Cl. The summed E-state index contributed by atoms with van der Waals surface area (Å²) < 4.78 is 0. The van der Waals surface area contributed by atoms with Gasteiger partial charge in [-0.2, -0.15) is 0 Å². The maximum absolute atomic E-state index is 12.3. The Hall–Kier alpha value is -0.0400. The number of rotatable bonds is 1. The summed E-state index contributed by atoms with van der Waals surface area (Å²) in [4.78, 5) is 12.3. The minimum absolute atomic E-state index is 0.00782. The maximum Gasteiger partial charge on any atom is 0.143 e. The highest BCUT2D eigenvalue weighted by molar-refractivity contribution is 6.23. The van der Waals surface area contributed by atoms with Gasteiger partial charge >= 0.3 is 0 Å². The lowest BCUT2D eigenvalue weighted by atomic mass is 9.55. The Bertz CT molecular complexity index is 338. The molecule has 0 unspecified atom stereocenters. The van der Waals surface area contributed by atoms with Gasteiger partial charge in [-0.15, -0.1) is 11.6 Å². The fourth-order valence-electron chi connectivity index (χ4n) is 4.87. The first-order valence-corrected chi connectivity index (χ1v) is 7.09. The van der Waals surface area contributed by atoms with E-state index in [4.69, 9.17) is 11.6 Å². The molecule has 0 aromatic heterocycles. The van der Waals surface area contributed by atoms with Gasteiger partial charge in [0.2, 0.25) is 0 Å². The van der Waals surface area contributed by atoms with Crippen LogP contribution in [-0.4, -0.2) is 11.2 Å². The topological polar surface area (TPSA) is 17.1 Å². The van der Waals surface area contributed by atoms with E-state index in [1.165, 1.54) is 6.42 Å². The van der Waals surface area contributed by atoms with Crippen molar-refractivity contribution in [2.45, 2.75) is 45.4 Å². The predicted molar refractivity (Wildman–Crippen MR) is 65.4 cm³/mol. The first-order valence-electron chi connectivity index (χ1n) is 6.65. The average Bonchev–Trinajstić information content (AvgIpc) is 2.68. The third kappa shape index (κ3) is 1.11. The molecule has 3 aliphatic carbocycles. The smallest absolute Gasteiger partial charge is 0.143 e. The van der Waals surface area contributed by atoms with Gasteiger partial charge in [0.05, 0.1) is 0 Å². The number of carbonyl (C=O) groups is 1. The van der Waals surface area contributed by atoms with Crippen LogP contribution in [0.2, 0.25) is 0 Å². The van der Waals surface area contributed by atoms with Crippen LogP contribution in [0.1, 0.15) is 40.0 Å². The monoisotopic (exact) mass is 240 g/mol. The number of ketones is 1. The molecule has 0 N–H and O–H groups in total. The molecule has 6 atom stereocenters. The number of halogens is 1. The first-order chi connectivity index (χ1) is 7.47. The molecular weight excluding hydrogens is 220 g/mol. The van der Waals surface area contributed by atoms with Gasteiger partial charge in [0.25, 0.3) is 0 Å². The van der Waals surface area contributed by atoms with Gasteiger partial charge < -0.3 is 0 Å². The molecule has 0 aromatic rings. The Kier molecular flexibility index (Phi) is 2.25. The average molecular weight is 241 g/mol. The largest absolute Gasteiger partial charge is 0.299 e. The van der Waals surface area contributed by atoms with Gasteiger partial charge in [-0.3, -0.25) is 4.79 Å². The van der Waals surface area contributed by atoms with Gasteiger partial charge in [0.1, 0.15) is 5.78 Å². The summed E-state index contributed by atoms with van der Waals surface area (Å²) in [5.74, 6) is 3.33. The van der Waals surface area contributed by atoms with Crippen LogP contribution in [0.25, 0.3) is 0 Å². The molecule has 2 bridgehead atoms. The second-order valence-electron chi connectivity index (χ2n) is 6.70. The molecule has 0 radical (unpaired) electrons. The standard InChI is InChI=1S/C14H21ClO/c1-7(2)8-4-5-14(3)10-6-9(13(14)16)12(15)11(8)10/h7-12H,4-6H2,1-3H3/t8-,9-,10+,11+,12+,14-/m0/s1. The third-order valence-corrected chi connectivity index (χ3v) is 6.39. The van der Waals surface area contributed by atoms with Crippen LogP contribution >= 0.6 is 11.6 Å².